The number of primary amides is 1. The van der Waals surface area contributed by atoms with Gasteiger partial charge in [-0.25, -0.2) is 4.79 Å². The first-order valence-electron chi connectivity index (χ1n) is 12.8. The molecule has 2 heterocycles. The van der Waals surface area contributed by atoms with Gasteiger partial charge < -0.3 is 15.8 Å². The van der Waals surface area contributed by atoms with Gasteiger partial charge in [-0.1, -0.05) is 61.2 Å². The number of rotatable bonds is 5. The second kappa shape index (κ2) is 9.24. The standard InChI is InChI=1S/C31H32N4O3/c1-19-20(2)28-33-25(26(22-10-7-6-8-11-22)35(28)18-24(19)27(32)36)21-12-14-23(15-13-21)31(16-9-17-31)34-29(37)38-30(3,4)5/h6-8,10-15,18H,2,9,16-17H2,1,3-5H3,(H2-,32,34,36,37)/p+1. The monoisotopic (exact) mass is 509 g/mol. The van der Waals surface area contributed by atoms with Crippen LogP contribution < -0.4 is 26.3 Å². The Morgan fingerprint density at radius 2 is 1.71 bits per heavy atom. The summed E-state index contributed by atoms with van der Waals surface area (Å²) in [6, 6.07) is 18.1. The van der Waals surface area contributed by atoms with Gasteiger partial charge in [-0.15, -0.1) is 0 Å². The Kier molecular flexibility index (Phi) is 6.18. The summed E-state index contributed by atoms with van der Waals surface area (Å²) in [5.74, 6) is -0.504. The fourth-order valence-electron chi connectivity index (χ4n) is 5.11. The molecule has 194 valence electrons. The molecule has 7 nitrogen and oxygen atoms in total. The van der Waals surface area contributed by atoms with E-state index in [1.54, 1.807) is 6.20 Å². The van der Waals surface area contributed by atoms with Gasteiger partial charge in [0.1, 0.15) is 11.8 Å². The molecule has 2 aromatic carbocycles. The van der Waals surface area contributed by atoms with Crippen molar-refractivity contribution in [2.75, 3.05) is 0 Å². The molecule has 2 aliphatic rings. The van der Waals surface area contributed by atoms with Crippen molar-refractivity contribution in [1.82, 2.24) is 5.32 Å². The number of ether oxygens (including phenoxy) is 1. The molecule has 3 aromatic rings. The Labute approximate surface area is 222 Å². The Balaban J connectivity index is 1.58. The lowest BCUT2D eigenvalue weighted by Gasteiger charge is -2.43. The molecule has 38 heavy (non-hydrogen) atoms. The molecule has 1 aliphatic carbocycles. The Bertz CT molecular complexity index is 1580. The van der Waals surface area contributed by atoms with Crippen LogP contribution in [0.5, 0.6) is 0 Å². The van der Waals surface area contributed by atoms with Gasteiger partial charge >= 0.3 is 11.6 Å². The highest BCUT2D eigenvalue weighted by Crippen LogP contribution is 2.42. The average molecular weight is 510 g/mol. The van der Waals surface area contributed by atoms with Gasteiger partial charge in [-0.3, -0.25) is 4.79 Å². The number of pyridine rings is 1. The lowest BCUT2D eigenvalue weighted by molar-refractivity contribution is -0.594. The molecule has 1 aliphatic heterocycles. The molecule has 1 aromatic heterocycles. The van der Waals surface area contributed by atoms with Crippen molar-refractivity contribution in [3.63, 3.8) is 0 Å². The molecule has 0 saturated heterocycles. The number of alkyl carbamates (subject to hydrolysis) is 1. The van der Waals surface area contributed by atoms with Crippen molar-refractivity contribution in [2.24, 2.45) is 10.7 Å². The Hall–Kier alpha value is -4.26. The first-order valence-corrected chi connectivity index (χ1v) is 12.8. The number of carbonyl (C=O) groups excluding carboxylic acids is 2. The highest BCUT2D eigenvalue weighted by molar-refractivity contribution is 5.94. The van der Waals surface area contributed by atoms with E-state index in [0.29, 0.717) is 16.3 Å². The fraction of sp³-hybridized carbons (Fsp3) is 0.290. The topological polar surface area (TPSA) is 97.7 Å². The largest absolute Gasteiger partial charge is 0.444 e. The summed E-state index contributed by atoms with van der Waals surface area (Å²) in [7, 11) is 0. The molecule has 5 rings (SSSR count). The van der Waals surface area contributed by atoms with Crippen molar-refractivity contribution in [3.05, 3.63) is 99.3 Å². The molecule has 2 amide bonds. The number of amides is 2. The number of aromatic nitrogens is 1. The van der Waals surface area contributed by atoms with Gasteiger partial charge in [0.2, 0.25) is 5.70 Å². The number of fused-ring (bicyclic) bond motifs is 1. The van der Waals surface area contributed by atoms with E-state index in [-0.39, 0.29) is 0 Å². The molecule has 0 atom stereocenters. The second-order valence-corrected chi connectivity index (χ2v) is 11.0. The molecule has 7 heteroatoms. The van der Waals surface area contributed by atoms with Gasteiger partial charge in [0.05, 0.1) is 16.3 Å². The van der Waals surface area contributed by atoms with E-state index in [0.717, 1.165) is 52.9 Å². The number of nitrogens with one attached hydrogen (secondary N) is 1. The first kappa shape index (κ1) is 25.4. The van der Waals surface area contributed by atoms with E-state index in [4.69, 9.17) is 15.5 Å². The van der Waals surface area contributed by atoms with E-state index in [1.807, 2.05) is 74.7 Å². The minimum Gasteiger partial charge on any atom is -0.444 e. The van der Waals surface area contributed by atoms with Crippen molar-refractivity contribution in [3.8, 4) is 0 Å². The molecular weight excluding hydrogens is 476 g/mol. The fourth-order valence-corrected chi connectivity index (χ4v) is 5.11. The maximum Gasteiger partial charge on any atom is 0.408 e. The predicted molar refractivity (Wildman–Crippen MR) is 146 cm³/mol. The van der Waals surface area contributed by atoms with Crippen LogP contribution in [-0.4, -0.2) is 17.6 Å². The van der Waals surface area contributed by atoms with E-state index in [9.17, 15) is 9.59 Å². The zero-order valence-corrected chi connectivity index (χ0v) is 22.3. The van der Waals surface area contributed by atoms with Crippen LogP contribution in [0.4, 0.5) is 4.79 Å². The maximum absolute atomic E-state index is 12.6. The van der Waals surface area contributed by atoms with Gasteiger partial charge in [0.25, 0.3) is 5.91 Å². The number of nitrogens with two attached hydrogens (primary N) is 1. The average Bonchev–Trinajstić information content (AvgIpc) is 3.23. The second-order valence-electron chi connectivity index (χ2n) is 11.0. The summed E-state index contributed by atoms with van der Waals surface area (Å²) >= 11 is 0. The van der Waals surface area contributed by atoms with Gasteiger partial charge in [0, 0.05) is 11.1 Å². The molecule has 0 unspecified atom stereocenters. The van der Waals surface area contributed by atoms with Crippen LogP contribution >= 0.6 is 0 Å². The van der Waals surface area contributed by atoms with Crippen molar-refractivity contribution < 1.29 is 18.9 Å². The minimum atomic E-state index is -0.560. The van der Waals surface area contributed by atoms with Crippen molar-refractivity contribution in [2.45, 2.75) is 58.1 Å². The summed E-state index contributed by atoms with van der Waals surface area (Å²) in [5.41, 5.74) is 11.0. The van der Waals surface area contributed by atoms with Crippen molar-refractivity contribution in [1.29, 1.82) is 0 Å². The first-order chi connectivity index (χ1) is 18.0. The molecule has 0 spiro atoms. The van der Waals surface area contributed by atoms with Crippen LogP contribution in [-0.2, 0) is 10.3 Å². The zero-order chi connectivity index (χ0) is 27.2. The number of carbonyl (C=O) groups is 2. The molecule has 3 N–H and O–H groups in total. The van der Waals surface area contributed by atoms with Crippen LogP contribution in [0.15, 0.2) is 65.8 Å². The summed E-state index contributed by atoms with van der Waals surface area (Å²) < 4.78 is 7.44. The Morgan fingerprint density at radius 3 is 2.26 bits per heavy atom. The lowest BCUT2D eigenvalue weighted by atomic mass is 9.71. The van der Waals surface area contributed by atoms with Gasteiger partial charge in [-0.2, -0.15) is 4.57 Å². The quantitative estimate of drug-likeness (QED) is 0.513. The number of nitrogens with zero attached hydrogens (tertiary/aromatic N) is 2. The minimum absolute atomic E-state index is 0.406. The number of hydrogen-bond donors (Lipinski definition) is 2. The predicted octanol–water partition coefficient (Wildman–Crippen LogP) is 3.70. The smallest absolute Gasteiger partial charge is 0.408 e. The van der Waals surface area contributed by atoms with Crippen LogP contribution in [0.1, 0.15) is 72.6 Å². The normalized spacial score (nSPS) is 15.8. The van der Waals surface area contributed by atoms with E-state index >= 15 is 0 Å². The van der Waals surface area contributed by atoms with E-state index < -0.39 is 23.1 Å². The number of benzene rings is 2. The SMILES string of the molecule is C=c1c(C)c(C(N)=O)c[n+]2c1=NC(c1ccc(C3(NC(=O)OC(C)(C)C)CCC3)cc1)=C2c1ccccc1. The summed E-state index contributed by atoms with van der Waals surface area (Å²) in [6.45, 7) is 11.6. The molecule has 0 bridgehead atoms. The van der Waals surface area contributed by atoms with E-state index in [1.165, 1.54) is 0 Å². The Morgan fingerprint density at radius 1 is 1.05 bits per heavy atom. The van der Waals surface area contributed by atoms with Crippen LogP contribution in [0.3, 0.4) is 0 Å². The van der Waals surface area contributed by atoms with Crippen molar-refractivity contribution >= 4 is 30.0 Å². The van der Waals surface area contributed by atoms with Crippen LogP contribution in [0, 0.1) is 6.92 Å². The molecule has 0 radical (unpaired) electrons. The highest BCUT2D eigenvalue weighted by atomic mass is 16.6. The third-order valence-corrected chi connectivity index (χ3v) is 7.27. The van der Waals surface area contributed by atoms with Gasteiger partial charge in [-0.05, 0) is 63.1 Å². The molecular formula is C31H33N4O3+. The number of hydrogen-bond acceptors (Lipinski definition) is 4. The van der Waals surface area contributed by atoms with Crippen LogP contribution in [0.25, 0.3) is 18.0 Å². The zero-order valence-electron chi connectivity index (χ0n) is 22.3. The molecule has 1 fully saturated rings. The van der Waals surface area contributed by atoms with Gasteiger partial charge in [0.15, 0.2) is 5.70 Å². The summed E-state index contributed by atoms with van der Waals surface area (Å²) in [4.78, 5) is 29.8. The maximum atomic E-state index is 12.6. The van der Waals surface area contributed by atoms with Crippen LogP contribution in [0.2, 0.25) is 0 Å². The third-order valence-electron chi connectivity index (χ3n) is 7.27. The lowest BCUT2D eigenvalue weighted by Crippen LogP contribution is -2.55. The molecule has 1 saturated carbocycles. The summed E-state index contributed by atoms with van der Waals surface area (Å²) in [6.07, 6.45) is 4.10. The third kappa shape index (κ3) is 4.49. The van der Waals surface area contributed by atoms with E-state index in [2.05, 4.69) is 24.0 Å². The summed E-state index contributed by atoms with van der Waals surface area (Å²) in [5, 5.41) is 3.78. The highest BCUT2D eigenvalue weighted by Gasteiger charge is 2.41.